The van der Waals surface area contributed by atoms with E-state index in [1.165, 1.54) is 10.8 Å². The molecule has 2 heteroatoms. The minimum Gasteiger partial charge on any atom is -0.327 e. The van der Waals surface area contributed by atoms with Crippen LogP contribution in [0.1, 0.15) is 26.3 Å². The first-order valence-electron chi connectivity index (χ1n) is 6.25. The van der Waals surface area contributed by atoms with Crippen molar-refractivity contribution in [2.45, 2.75) is 38.9 Å². The lowest BCUT2D eigenvalue weighted by Gasteiger charge is -2.39. The van der Waals surface area contributed by atoms with Gasteiger partial charge >= 0.3 is 0 Å². The van der Waals surface area contributed by atoms with Gasteiger partial charge < -0.3 is 5.73 Å². The predicted molar refractivity (Wildman–Crippen MR) is 80.7 cm³/mol. The zero-order valence-corrected chi connectivity index (χ0v) is 12.7. The second-order valence-corrected chi connectivity index (χ2v) is 11.6. The Kier molecular flexibility index (Phi) is 4.34. The van der Waals surface area contributed by atoms with Crippen LogP contribution < -0.4 is 5.73 Å². The van der Waals surface area contributed by atoms with E-state index < -0.39 is 8.07 Å². The molecule has 0 amide bonds. The molecule has 17 heavy (non-hydrogen) atoms. The second kappa shape index (κ2) is 5.19. The van der Waals surface area contributed by atoms with E-state index in [1.807, 2.05) is 6.07 Å². The summed E-state index contributed by atoms with van der Waals surface area (Å²) < 4.78 is 0. The lowest BCUT2D eigenvalue weighted by Crippen LogP contribution is -2.42. The topological polar surface area (TPSA) is 26.0 Å². The van der Waals surface area contributed by atoms with Crippen molar-refractivity contribution >= 4 is 14.1 Å². The highest BCUT2D eigenvalue weighted by Gasteiger charge is 2.37. The Balaban J connectivity index is 3.12. The zero-order valence-electron chi connectivity index (χ0n) is 11.7. The van der Waals surface area contributed by atoms with Crippen molar-refractivity contribution in [3.63, 3.8) is 0 Å². The number of hydrogen-bond donors (Lipinski definition) is 1. The van der Waals surface area contributed by atoms with E-state index in [4.69, 9.17) is 5.73 Å². The molecule has 0 aliphatic rings. The van der Waals surface area contributed by atoms with Crippen LogP contribution in [0.3, 0.4) is 0 Å². The molecule has 1 nitrogen and oxygen atoms in total. The quantitative estimate of drug-likeness (QED) is 0.800. The lowest BCUT2D eigenvalue weighted by molar-refractivity contribution is 0.723. The third kappa shape index (κ3) is 3.30. The lowest BCUT2D eigenvalue weighted by atomic mass is 10.2. The highest BCUT2D eigenvalue weighted by Crippen LogP contribution is 2.40. The molecule has 1 rings (SSSR count). The summed E-state index contributed by atoms with van der Waals surface area (Å²) in [6.07, 6.45) is 2.29. The molecule has 0 aliphatic carbocycles. The van der Waals surface area contributed by atoms with Gasteiger partial charge in [-0.3, -0.25) is 0 Å². The molecule has 0 atom stereocenters. The predicted octanol–water partition coefficient (Wildman–Crippen LogP) is 4.08. The first-order chi connectivity index (χ1) is 7.79. The molecule has 2 N–H and O–H groups in total. The Labute approximate surface area is 107 Å². The average Bonchev–Trinajstić information content (AvgIpc) is 2.25. The molecule has 0 aliphatic heterocycles. The fourth-order valence-corrected chi connectivity index (χ4v) is 3.73. The van der Waals surface area contributed by atoms with E-state index in [1.54, 1.807) is 0 Å². The maximum Gasteiger partial charge on any atom is 0.0824 e. The molecular formula is C15H25NSi. The van der Waals surface area contributed by atoms with Crippen molar-refractivity contribution < 1.29 is 0 Å². The van der Waals surface area contributed by atoms with Crippen LogP contribution in [0.25, 0.3) is 6.08 Å². The van der Waals surface area contributed by atoms with Crippen LogP contribution in [0.5, 0.6) is 0 Å². The largest absolute Gasteiger partial charge is 0.327 e. The molecule has 0 aromatic heterocycles. The molecule has 0 heterocycles. The van der Waals surface area contributed by atoms with Gasteiger partial charge in [0.05, 0.1) is 8.07 Å². The molecule has 1 aromatic rings. The van der Waals surface area contributed by atoms with Crippen LogP contribution in [0.4, 0.5) is 0 Å². The van der Waals surface area contributed by atoms with Crippen molar-refractivity contribution in [3.8, 4) is 0 Å². The number of rotatable bonds is 3. The van der Waals surface area contributed by atoms with Gasteiger partial charge in [-0.05, 0) is 10.6 Å². The highest BCUT2D eigenvalue weighted by molar-refractivity contribution is 6.87. The van der Waals surface area contributed by atoms with Crippen LogP contribution in [0.15, 0.2) is 35.5 Å². The third-order valence-corrected chi connectivity index (χ3v) is 9.74. The molecule has 0 saturated carbocycles. The van der Waals surface area contributed by atoms with Crippen molar-refractivity contribution in [2.75, 3.05) is 6.54 Å². The summed E-state index contributed by atoms with van der Waals surface area (Å²) in [5.74, 6) is 0. The van der Waals surface area contributed by atoms with Gasteiger partial charge in [0.1, 0.15) is 0 Å². The minimum absolute atomic E-state index is 0.340. The molecule has 1 aromatic carbocycles. The summed E-state index contributed by atoms with van der Waals surface area (Å²) in [5, 5.41) is 1.78. The Morgan fingerprint density at radius 3 is 2.12 bits per heavy atom. The maximum absolute atomic E-state index is 5.97. The van der Waals surface area contributed by atoms with Gasteiger partial charge in [0.2, 0.25) is 0 Å². The fraction of sp³-hybridized carbons (Fsp3) is 0.467. The van der Waals surface area contributed by atoms with Crippen LogP contribution in [-0.2, 0) is 0 Å². The summed E-state index contributed by atoms with van der Waals surface area (Å²) in [4.78, 5) is 0. The Bertz CT molecular complexity index is 385. The molecule has 0 spiro atoms. The van der Waals surface area contributed by atoms with Crippen LogP contribution >= 0.6 is 0 Å². The highest BCUT2D eigenvalue weighted by atomic mass is 28.3. The van der Waals surface area contributed by atoms with Gasteiger partial charge in [0, 0.05) is 6.54 Å². The molecule has 0 bridgehead atoms. The second-order valence-electron chi connectivity index (χ2n) is 6.16. The van der Waals surface area contributed by atoms with E-state index >= 15 is 0 Å². The van der Waals surface area contributed by atoms with Gasteiger partial charge in [-0.15, -0.1) is 0 Å². The fourth-order valence-electron chi connectivity index (χ4n) is 1.73. The Morgan fingerprint density at radius 2 is 1.71 bits per heavy atom. The first kappa shape index (κ1) is 14.2. The van der Waals surface area contributed by atoms with Gasteiger partial charge in [-0.2, -0.15) is 0 Å². The smallest absolute Gasteiger partial charge is 0.0824 e. The van der Waals surface area contributed by atoms with Crippen LogP contribution in [0.2, 0.25) is 18.1 Å². The average molecular weight is 247 g/mol. The Hall–Kier alpha value is -0.863. The van der Waals surface area contributed by atoms with Gasteiger partial charge in [0.25, 0.3) is 0 Å². The van der Waals surface area contributed by atoms with E-state index in [0.717, 1.165) is 0 Å². The SMILES string of the molecule is CC(C)(C)[Si](C)(C)C(=Cc1ccccc1)CN. The zero-order chi connectivity index (χ0) is 13.1. The molecule has 0 radical (unpaired) electrons. The summed E-state index contributed by atoms with van der Waals surface area (Å²) in [6, 6.07) is 10.5. The van der Waals surface area contributed by atoms with E-state index in [2.05, 4.69) is 64.2 Å². The van der Waals surface area contributed by atoms with E-state index in [0.29, 0.717) is 11.6 Å². The standard InChI is InChI=1S/C15H25NSi/c1-15(2,3)17(4,5)14(12-16)11-13-9-7-6-8-10-13/h6-11H,12,16H2,1-5H3. The number of hydrogen-bond acceptors (Lipinski definition) is 1. The van der Waals surface area contributed by atoms with Crippen molar-refractivity contribution in [1.82, 2.24) is 0 Å². The first-order valence-corrected chi connectivity index (χ1v) is 9.25. The summed E-state index contributed by atoms with van der Waals surface area (Å²) in [7, 11) is -1.48. The van der Waals surface area contributed by atoms with Crippen LogP contribution in [0, 0.1) is 0 Å². The summed E-state index contributed by atoms with van der Waals surface area (Å²) >= 11 is 0. The van der Waals surface area contributed by atoms with Crippen LogP contribution in [-0.4, -0.2) is 14.6 Å². The van der Waals surface area contributed by atoms with E-state index in [-0.39, 0.29) is 0 Å². The maximum atomic E-state index is 5.97. The number of nitrogens with two attached hydrogens (primary N) is 1. The molecule has 0 fully saturated rings. The summed E-state index contributed by atoms with van der Waals surface area (Å²) in [5.41, 5.74) is 7.23. The van der Waals surface area contributed by atoms with Gasteiger partial charge in [-0.25, -0.2) is 0 Å². The third-order valence-electron chi connectivity index (χ3n) is 4.04. The molecule has 94 valence electrons. The van der Waals surface area contributed by atoms with Crippen molar-refractivity contribution in [3.05, 3.63) is 41.1 Å². The molecular weight excluding hydrogens is 222 g/mol. The Morgan fingerprint density at radius 1 is 1.18 bits per heavy atom. The minimum atomic E-state index is -1.48. The number of benzene rings is 1. The van der Waals surface area contributed by atoms with Gasteiger partial charge in [-0.1, -0.05) is 75.5 Å². The molecule has 0 saturated heterocycles. The van der Waals surface area contributed by atoms with Gasteiger partial charge in [0.15, 0.2) is 0 Å². The normalized spacial score (nSPS) is 13.9. The van der Waals surface area contributed by atoms with Crippen molar-refractivity contribution in [2.24, 2.45) is 5.73 Å². The van der Waals surface area contributed by atoms with Crippen molar-refractivity contribution in [1.29, 1.82) is 0 Å². The summed E-state index contributed by atoms with van der Waals surface area (Å²) in [6.45, 7) is 12.5. The van der Waals surface area contributed by atoms with E-state index in [9.17, 15) is 0 Å². The molecule has 0 unspecified atom stereocenters. The monoisotopic (exact) mass is 247 g/mol.